The normalized spacial score (nSPS) is 15.5. The topological polar surface area (TPSA) is 95.9 Å². The van der Waals surface area contributed by atoms with Crippen molar-refractivity contribution in [3.05, 3.63) is 53.1 Å². The first-order chi connectivity index (χ1) is 18.1. The van der Waals surface area contributed by atoms with Crippen molar-refractivity contribution >= 4 is 36.7 Å². The van der Waals surface area contributed by atoms with Crippen LogP contribution in [0.15, 0.2) is 30.3 Å². The van der Waals surface area contributed by atoms with Crippen molar-refractivity contribution in [1.29, 1.82) is 0 Å². The van der Waals surface area contributed by atoms with E-state index in [1.54, 1.807) is 19.6 Å². The molecule has 13 heteroatoms. The predicted molar refractivity (Wildman–Crippen MR) is 136 cm³/mol. The second-order valence-electron chi connectivity index (χ2n) is 10.3. The molecule has 0 spiro atoms. The Kier molecular flexibility index (Phi) is 9.04. The molecule has 1 unspecified atom stereocenters. The van der Waals surface area contributed by atoms with E-state index in [2.05, 4.69) is 5.32 Å². The van der Waals surface area contributed by atoms with Crippen LogP contribution < -0.4 is 15.2 Å². The molecule has 0 radical (unpaired) electrons. The molecular weight excluding hydrogens is 543 g/mol. The Bertz CT molecular complexity index is 1240. The van der Waals surface area contributed by atoms with Gasteiger partial charge in [-0.2, -0.15) is 13.2 Å². The van der Waals surface area contributed by atoms with E-state index in [0.717, 1.165) is 12.1 Å². The molecule has 7 nitrogen and oxygen atoms in total. The minimum absolute atomic E-state index is 0.0109. The lowest BCUT2D eigenvalue weighted by Crippen LogP contribution is -2.45. The number of aliphatic carboxylic acids is 1. The SMILES string of the molecule is C[Si](C)(C)c1c(F)cc(NC(=O)C2c3ccc(OCC(F)(F)F)cc3CCN2C(=O)CCCC(=O)O)cc1F. The maximum Gasteiger partial charge on any atom is 0.422 e. The number of benzene rings is 2. The molecule has 2 aromatic carbocycles. The van der Waals surface area contributed by atoms with Crippen LogP contribution in [0.25, 0.3) is 0 Å². The van der Waals surface area contributed by atoms with Crippen LogP contribution in [0.3, 0.4) is 0 Å². The minimum atomic E-state index is -4.55. The molecule has 0 aromatic heterocycles. The van der Waals surface area contributed by atoms with Gasteiger partial charge in [-0.3, -0.25) is 14.4 Å². The number of rotatable bonds is 9. The Labute approximate surface area is 223 Å². The zero-order valence-electron chi connectivity index (χ0n) is 21.6. The predicted octanol–water partition coefficient (Wildman–Crippen LogP) is 4.77. The Morgan fingerprint density at radius 3 is 2.28 bits per heavy atom. The van der Waals surface area contributed by atoms with E-state index in [0.29, 0.717) is 11.1 Å². The summed E-state index contributed by atoms with van der Waals surface area (Å²) < 4.78 is 72.1. The fraction of sp³-hybridized carbons (Fsp3) is 0.423. The van der Waals surface area contributed by atoms with Crippen LogP contribution in [-0.4, -0.2) is 55.2 Å². The zero-order valence-corrected chi connectivity index (χ0v) is 22.6. The van der Waals surface area contributed by atoms with Crippen LogP contribution in [0.5, 0.6) is 5.75 Å². The molecule has 1 aliphatic rings. The van der Waals surface area contributed by atoms with Crippen molar-refractivity contribution in [3.63, 3.8) is 0 Å². The van der Waals surface area contributed by atoms with Crippen LogP contribution in [0.4, 0.5) is 27.6 Å². The quantitative estimate of drug-likeness (QED) is 0.334. The number of hydrogen-bond donors (Lipinski definition) is 2. The van der Waals surface area contributed by atoms with Gasteiger partial charge < -0.3 is 20.1 Å². The molecule has 2 amide bonds. The van der Waals surface area contributed by atoms with Crippen molar-refractivity contribution in [2.75, 3.05) is 18.5 Å². The number of ether oxygens (including phenoxy) is 1. The van der Waals surface area contributed by atoms with E-state index in [9.17, 15) is 36.3 Å². The number of carboxylic acid groups (broad SMARTS) is 1. The molecule has 1 atom stereocenters. The van der Waals surface area contributed by atoms with Gasteiger partial charge in [0.1, 0.15) is 23.4 Å². The van der Waals surface area contributed by atoms with Gasteiger partial charge >= 0.3 is 12.1 Å². The molecule has 2 N–H and O–H groups in total. The zero-order chi connectivity index (χ0) is 29.1. The number of carboxylic acids is 1. The largest absolute Gasteiger partial charge is 0.484 e. The average Bonchev–Trinajstić information content (AvgIpc) is 2.79. The maximum absolute atomic E-state index is 14.8. The van der Waals surface area contributed by atoms with Crippen molar-refractivity contribution in [2.45, 2.75) is 57.5 Å². The van der Waals surface area contributed by atoms with Gasteiger partial charge in [-0.15, -0.1) is 0 Å². The Morgan fingerprint density at radius 2 is 1.72 bits per heavy atom. The van der Waals surface area contributed by atoms with Crippen molar-refractivity contribution in [2.24, 2.45) is 0 Å². The van der Waals surface area contributed by atoms with Gasteiger partial charge in [-0.1, -0.05) is 25.7 Å². The number of anilines is 1. The summed E-state index contributed by atoms with van der Waals surface area (Å²) in [5, 5.41) is 11.3. The molecule has 1 heterocycles. The van der Waals surface area contributed by atoms with Crippen molar-refractivity contribution in [3.8, 4) is 5.75 Å². The highest BCUT2D eigenvalue weighted by Gasteiger charge is 2.37. The number of carbonyl (C=O) groups excluding carboxylic acids is 2. The number of fused-ring (bicyclic) bond motifs is 1. The number of alkyl halides is 3. The molecule has 0 fully saturated rings. The monoisotopic (exact) mass is 572 g/mol. The Balaban J connectivity index is 1.93. The summed E-state index contributed by atoms with van der Waals surface area (Å²) in [5.41, 5.74) is 0.618. The molecular formula is C26H29F5N2O5Si. The lowest BCUT2D eigenvalue weighted by molar-refractivity contribution is -0.153. The standard InChI is InChI=1S/C26H29F5N2O5Si/c1-39(2,3)24-19(27)12-16(13-20(24)28)32-25(37)23-18-8-7-17(38-14-26(29,30)31)11-15(18)9-10-33(23)21(34)5-4-6-22(35)36/h7-8,11-13,23H,4-6,9-10,14H2,1-3H3,(H,32,37)(H,35,36). The van der Waals surface area contributed by atoms with E-state index in [1.165, 1.54) is 23.1 Å². The van der Waals surface area contributed by atoms with E-state index in [-0.39, 0.29) is 48.9 Å². The highest BCUT2D eigenvalue weighted by molar-refractivity contribution is 6.88. The number of nitrogens with one attached hydrogen (secondary N) is 1. The highest BCUT2D eigenvalue weighted by atomic mass is 28.3. The first-order valence-electron chi connectivity index (χ1n) is 12.2. The van der Waals surface area contributed by atoms with E-state index < -0.39 is 56.3 Å². The summed E-state index contributed by atoms with van der Waals surface area (Å²) in [4.78, 5) is 38.5. The summed E-state index contributed by atoms with van der Waals surface area (Å²) in [6.45, 7) is 3.82. The van der Waals surface area contributed by atoms with Gasteiger partial charge in [0.15, 0.2) is 6.61 Å². The van der Waals surface area contributed by atoms with Gasteiger partial charge in [0.2, 0.25) is 5.91 Å². The second kappa shape index (κ2) is 11.7. The van der Waals surface area contributed by atoms with Gasteiger partial charge in [-0.25, -0.2) is 8.78 Å². The van der Waals surface area contributed by atoms with E-state index in [4.69, 9.17) is 9.84 Å². The molecule has 212 valence electrons. The van der Waals surface area contributed by atoms with Crippen LogP contribution in [0.1, 0.15) is 36.4 Å². The minimum Gasteiger partial charge on any atom is -0.484 e. The number of amides is 2. The third-order valence-electron chi connectivity index (χ3n) is 6.15. The number of nitrogens with zero attached hydrogens (tertiary/aromatic N) is 1. The number of halogens is 5. The third-order valence-corrected chi connectivity index (χ3v) is 8.13. The molecule has 3 rings (SSSR count). The lowest BCUT2D eigenvalue weighted by Gasteiger charge is -2.36. The number of hydrogen-bond acceptors (Lipinski definition) is 4. The third kappa shape index (κ3) is 7.77. The summed E-state index contributed by atoms with van der Waals surface area (Å²) >= 11 is 0. The van der Waals surface area contributed by atoms with Crippen LogP contribution in [0, 0.1) is 11.6 Å². The maximum atomic E-state index is 14.8. The molecule has 2 aromatic rings. The van der Waals surface area contributed by atoms with Crippen molar-refractivity contribution < 1.29 is 46.2 Å². The fourth-order valence-corrected chi connectivity index (χ4v) is 6.09. The fourth-order valence-electron chi connectivity index (χ4n) is 4.52. The van der Waals surface area contributed by atoms with Crippen LogP contribution in [0.2, 0.25) is 19.6 Å². The van der Waals surface area contributed by atoms with Gasteiger partial charge in [-0.05, 0) is 48.2 Å². The molecule has 0 aliphatic carbocycles. The Hall–Kier alpha value is -3.48. The van der Waals surface area contributed by atoms with Crippen LogP contribution in [-0.2, 0) is 20.8 Å². The lowest BCUT2D eigenvalue weighted by atomic mass is 9.91. The van der Waals surface area contributed by atoms with Gasteiger partial charge in [0.05, 0.1) is 8.07 Å². The first-order valence-corrected chi connectivity index (χ1v) is 15.7. The first kappa shape index (κ1) is 30.1. The Morgan fingerprint density at radius 1 is 1.08 bits per heavy atom. The van der Waals surface area contributed by atoms with E-state index >= 15 is 0 Å². The average molecular weight is 573 g/mol. The number of carbonyl (C=O) groups is 3. The second-order valence-corrected chi connectivity index (χ2v) is 15.3. The highest BCUT2D eigenvalue weighted by Crippen LogP contribution is 2.34. The molecule has 0 saturated heterocycles. The van der Waals surface area contributed by atoms with Crippen molar-refractivity contribution in [1.82, 2.24) is 4.90 Å². The van der Waals surface area contributed by atoms with Gasteiger partial charge in [0, 0.05) is 30.3 Å². The van der Waals surface area contributed by atoms with Crippen LogP contribution >= 0.6 is 0 Å². The van der Waals surface area contributed by atoms with Gasteiger partial charge in [0.25, 0.3) is 5.91 Å². The van der Waals surface area contributed by atoms with E-state index in [1.807, 2.05) is 0 Å². The summed E-state index contributed by atoms with van der Waals surface area (Å²) in [7, 11) is -2.38. The molecule has 0 saturated carbocycles. The molecule has 0 bridgehead atoms. The molecule has 39 heavy (non-hydrogen) atoms. The smallest absolute Gasteiger partial charge is 0.422 e. The summed E-state index contributed by atoms with van der Waals surface area (Å²) in [5.74, 6) is -4.06. The summed E-state index contributed by atoms with van der Waals surface area (Å²) in [6, 6.07) is 4.71. The summed E-state index contributed by atoms with van der Waals surface area (Å²) in [6.07, 6.45) is -4.74. The molecule has 1 aliphatic heterocycles.